The van der Waals surface area contributed by atoms with Crippen LogP contribution in [0.3, 0.4) is 0 Å². The third-order valence-corrected chi connectivity index (χ3v) is 9.50. The van der Waals surface area contributed by atoms with Crippen molar-refractivity contribution in [1.29, 1.82) is 0 Å². The van der Waals surface area contributed by atoms with Crippen LogP contribution in [0.5, 0.6) is 0 Å². The maximum Gasteiger partial charge on any atom is 0.0953 e. The Morgan fingerprint density at radius 1 is 0.477 bits per heavy atom. The summed E-state index contributed by atoms with van der Waals surface area (Å²) in [5.41, 5.74) is 21.2. The van der Waals surface area contributed by atoms with Gasteiger partial charge in [-0.25, -0.2) is 0 Å². The summed E-state index contributed by atoms with van der Waals surface area (Å²) < 4.78 is 0. The number of anilines is 2. The molecule has 6 rings (SSSR count). The van der Waals surface area contributed by atoms with E-state index in [1.807, 2.05) is 0 Å². The number of nitrogens with zero attached hydrogens (tertiary/aromatic N) is 2. The zero-order valence-corrected chi connectivity index (χ0v) is 27.5. The van der Waals surface area contributed by atoms with Crippen molar-refractivity contribution in [2.75, 3.05) is 23.0 Å². The van der Waals surface area contributed by atoms with Gasteiger partial charge < -0.3 is 9.80 Å². The molecule has 0 aliphatic carbocycles. The number of aryl methyl sites for hydroxylation is 6. The van der Waals surface area contributed by atoms with Crippen LogP contribution in [0.15, 0.2) is 96.7 Å². The molecule has 1 heterocycles. The highest BCUT2D eigenvalue weighted by atomic mass is 15.4. The Morgan fingerprint density at radius 3 is 1.48 bits per heavy atom. The maximum atomic E-state index is 2.58. The molecule has 0 spiro atoms. The normalized spacial score (nSPS) is 14.1. The summed E-state index contributed by atoms with van der Waals surface area (Å²) in [5, 5.41) is 0. The van der Waals surface area contributed by atoms with Gasteiger partial charge in [-0.3, -0.25) is 0 Å². The van der Waals surface area contributed by atoms with E-state index in [1.54, 1.807) is 0 Å². The van der Waals surface area contributed by atoms with E-state index >= 15 is 0 Å². The van der Waals surface area contributed by atoms with Gasteiger partial charge in [0.05, 0.1) is 13.2 Å². The largest absolute Gasteiger partial charge is 0.347 e. The summed E-state index contributed by atoms with van der Waals surface area (Å²) in [6.07, 6.45) is 2.38. The van der Waals surface area contributed by atoms with Crippen molar-refractivity contribution in [2.45, 2.75) is 55.4 Å². The summed E-state index contributed by atoms with van der Waals surface area (Å²) in [4.78, 5) is 5.15. The summed E-state index contributed by atoms with van der Waals surface area (Å²) in [6.45, 7) is 19.7. The molecule has 0 aromatic heterocycles. The second kappa shape index (κ2) is 11.8. The van der Waals surface area contributed by atoms with E-state index in [0.29, 0.717) is 0 Å². The Balaban J connectivity index is 1.51. The summed E-state index contributed by atoms with van der Waals surface area (Å²) in [7, 11) is 0. The van der Waals surface area contributed by atoms with E-state index in [1.165, 1.54) is 89.4 Å². The van der Waals surface area contributed by atoms with Crippen LogP contribution in [0.25, 0.3) is 28.3 Å². The first-order chi connectivity index (χ1) is 21.2. The summed E-state index contributed by atoms with van der Waals surface area (Å²) >= 11 is 0. The number of hydrogen-bond acceptors (Lipinski definition) is 2. The topological polar surface area (TPSA) is 6.48 Å². The van der Waals surface area contributed by atoms with Gasteiger partial charge >= 0.3 is 0 Å². The lowest BCUT2D eigenvalue weighted by molar-refractivity contribution is 0.937. The Morgan fingerprint density at radius 2 is 0.955 bits per heavy atom. The fourth-order valence-corrected chi connectivity index (χ4v) is 7.42. The van der Waals surface area contributed by atoms with Crippen LogP contribution < -0.4 is 9.80 Å². The summed E-state index contributed by atoms with van der Waals surface area (Å²) in [6, 6.07) is 33.3. The Bertz CT molecular complexity index is 1850. The molecule has 5 aromatic rings. The maximum absolute atomic E-state index is 2.58. The molecule has 5 aromatic carbocycles. The van der Waals surface area contributed by atoms with Crippen molar-refractivity contribution in [1.82, 2.24) is 0 Å². The number of benzene rings is 5. The van der Waals surface area contributed by atoms with Crippen molar-refractivity contribution in [3.63, 3.8) is 0 Å². The zero-order valence-electron chi connectivity index (χ0n) is 27.5. The molecule has 0 radical (unpaired) electrons. The van der Waals surface area contributed by atoms with Crippen LogP contribution >= 0.6 is 0 Å². The van der Waals surface area contributed by atoms with Gasteiger partial charge in [-0.1, -0.05) is 91.0 Å². The third kappa shape index (κ3) is 5.24. The predicted molar refractivity (Wildman–Crippen MR) is 191 cm³/mol. The van der Waals surface area contributed by atoms with E-state index < -0.39 is 0 Å². The van der Waals surface area contributed by atoms with Crippen LogP contribution in [-0.4, -0.2) is 13.2 Å². The first-order valence-electron chi connectivity index (χ1n) is 15.8. The lowest BCUT2D eigenvalue weighted by atomic mass is 9.90. The highest BCUT2D eigenvalue weighted by Crippen LogP contribution is 2.43. The molecule has 44 heavy (non-hydrogen) atoms. The van der Waals surface area contributed by atoms with Crippen LogP contribution in [0.2, 0.25) is 0 Å². The fraction of sp³-hybridized carbons (Fsp3) is 0.238. The van der Waals surface area contributed by atoms with Crippen molar-refractivity contribution in [3.8, 4) is 22.3 Å². The van der Waals surface area contributed by atoms with Crippen LogP contribution in [-0.2, 0) is 0 Å². The van der Waals surface area contributed by atoms with Crippen molar-refractivity contribution >= 4 is 17.5 Å². The zero-order chi connectivity index (χ0) is 31.1. The second-order valence-corrected chi connectivity index (χ2v) is 12.7. The molecule has 1 aliphatic heterocycles. The Kier molecular flexibility index (Phi) is 7.95. The van der Waals surface area contributed by atoms with Gasteiger partial charge in [0.25, 0.3) is 0 Å². The lowest BCUT2D eigenvalue weighted by Crippen LogP contribution is -2.27. The van der Waals surface area contributed by atoms with E-state index in [4.69, 9.17) is 0 Å². The molecular weight excluding hydrogens is 532 g/mol. The van der Waals surface area contributed by atoms with E-state index in [2.05, 4.69) is 162 Å². The van der Waals surface area contributed by atoms with Gasteiger partial charge in [0.2, 0.25) is 0 Å². The van der Waals surface area contributed by atoms with Crippen LogP contribution in [0.4, 0.5) is 11.4 Å². The van der Waals surface area contributed by atoms with Gasteiger partial charge in [0.15, 0.2) is 0 Å². The van der Waals surface area contributed by atoms with E-state index in [0.717, 1.165) is 13.2 Å². The smallest absolute Gasteiger partial charge is 0.0953 e. The Labute approximate surface area is 264 Å². The molecular formula is C42H44N2. The van der Waals surface area contributed by atoms with Gasteiger partial charge in [-0.2, -0.15) is 0 Å². The minimum absolute atomic E-state index is 0.800. The molecule has 0 saturated carbocycles. The standard InChI is InChI=1S/C42H44N2/c1-27-14-12-15-28(2)39(27)37-22-20-31(5)41(33(37)7)43-25-36(24-35-18-10-9-11-19-35)44(26-43)42-32(6)21-23-38(34(42)8)40-29(3)16-13-17-30(40)4/h9-24H,25-26H2,1-8H3. The van der Waals surface area contributed by atoms with Gasteiger partial charge in [-0.05, 0) is 134 Å². The molecule has 222 valence electrons. The van der Waals surface area contributed by atoms with E-state index in [-0.39, 0.29) is 0 Å². The lowest BCUT2D eigenvalue weighted by Gasteiger charge is -2.28. The molecule has 1 saturated heterocycles. The molecule has 0 N–H and O–H groups in total. The molecule has 0 bridgehead atoms. The monoisotopic (exact) mass is 576 g/mol. The van der Waals surface area contributed by atoms with E-state index in [9.17, 15) is 0 Å². The molecule has 0 amide bonds. The molecule has 1 fully saturated rings. The average molecular weight is 577 g/mol. The molecule has 2 nitrogen and oxygen atoms in total. The van der Waals surface area contributed by atoms with Gasteiger partial charge in [0, 0.05) is 17.1 Å². The van der Waals surface area contributed by atoms with Gasteiger partial charge in [-0.15, -0.1) is 0 Å². The van der Waals surface area contributed by atoms with Gasteiger partial charge in [0.1, 0.15) is 0 Å². The SMILES string of the molecule is Cc1cccc(C)c1-c1ccc(C)c(N2CC(=Cc3ccccc3)N(c3c(C)ccc(-c4c(C)cccc4C)c3C)C2)c1C. The third-order valence-electron chi connectivity index (χ3n) is 9.50. The highest BCUT2D eigenvalue weighted by molar-refractivity contribution is 5.84. The minimum atomic E-state index is 0.800. The molecule has 2 heteroatoms. The molecule has 0 unspecified atom stereocenters. The quantitative estimate of drug-likeness (QED) is 0.205. The number of hydrogen-bond donors (Lipinski definition) is 0. The fourth-order valence-electron chi connectivity index (χ4n) is 7.42. The minimum Gasteiger partial charge on any atom is -0.347 e. The molecule has 1 aliphatic rings. The summed E-state index contributed by atoms with van der Waals surface area (Å²) in [5.74, 6) is 0. The second-order valence-electron chi connectivity index (χ2n) is 12.7. The van der Waals surface area contributed by atoms with Crippen molar-refractivity contribution in [3.05, 3.63) is 147 Å². The van der Waals surface area contributed by atoms with Crippen molar-refractivity contribution in [2.24, 2.45) is 0 Å². The van der Waals surface area contributed by atoms with Crippen molar-refractivity contribution < 1.29 is 0 Å². The first-order valence-corrected chi connectivity index (χ1v) is 15.8. The average Bonchev–Trinajstić information content (AvgIpc) is 3.38. The van der Waals surface area contributed by atoms with Crippen LogP contribution in [0, 0.1) is 55.4 Å². The van der Waals surface area contributed by atoms with Crippen LogP contribution in [0.1, 0.15) is 50.1 Å². The predicted octanol–water partition coefficient (Wildman–Crippen LogP) is 10.8. The number of rotatable bonds is 5. The molecule has 0 atom stereocenters. The first kappa shape index (κ1) is 29.5. The highest BCUT2D eigenvalue weighted by Gasteiger charge is 2.31. The Hall–Kier alpha value is -4.56.